The van der Waals surface area contributed by atoms with Gasteiger partial charge in [-0.15, -0.1) is 0 Å². The summed E-state index contributed by atoms with van der Waals surface area (Å²) in [6, 6.07) is 18.1. The zero-order valence-corrected chi connectivity index (χ0v) is 19.1. The van der Waals surface area contributed by atoms with E-state index >= 15 is 0 Å². The Morgan fingerprint density at radius 1 is 1.00 bits per heavy atom. The molecule has 3 aromatic carbocycles. The molecule has 4 rings (SSSR count). The van der Waals surface area contributed by atoms with Gasteiger partial charge in [-0.3, -0.25) is 9.59 Å². The molecule has 0 saturated carbocycles. The highest BCUT2D eigenvalue weighted by Gasteiger charge is 2.30. The van der Waals surface area contributed by atoms with Gasteiger partial charge in [0.25, 0.3) is 0 Å². The van der Waals surface area contributed by atoms with E-state index < -0.39 is 0 Å². The third-order valence-corrected chi connectivity index (χ3v) is 5.70. The van der Waals surface area contributed by atoms with Crippen LogP contribution in [0, 0.1) is 6.92 Å². The Hall–Kier alpha value is -2.70. The van der Waals surface area contributed by atoms with Gasteiger partial charge in [-0.25, -0.2) is 0 Å². The van der Waals surface area contributed by atoms with Gasteiger partial charge in [0.1, 0.15) is 11.5 Å². The van der Waals surface area contributed by atoms with Crippen molar-refractivity contribution in [2.45, 2.75) is 6.92 Å². The molecule has 0 radical (unpaired) electrons. The molecule has 0 fully saturated rings. The van der Waals surface area contributed by atoms with Gasteiger partial charge in [-0.2, -0.15) is 0 Å². The lowest BCUT2D eigenvalue weighted by Crippen LogP contribution is -2.11. The summed E-state index contributed by atoms with van der Waals surface area (Å²) in [5, 5.41) is 0. The highest BCUT2D eigenvalue weighted by atomic mass is 79.9. The smallest absolute Gasteiger partial charge is 0.232 e. The van der Waals surface area contributed by atoms with Crippen LogP contribution in [0.1, 0.15) is 31.8 Å². The molecule has 1 aliphatic heterocycles. The van der Waals surface area contributed by atoms with E-state index in [4.69, 9.17) is 9.47 Å². The SMILES string of the molecule is Cc1cc(OCC(=O)c2ccc(Br)cc2)cc2c1C(=O)/C(=C/c1ccc(Br)cc1)O2. The van der Waals surface area contributed by atoms with E-state index in [2.05, 4.69) is 31.9 Å². The number of carbonyl (C=O) groups is 2. The second kappa shape index (κ2) is 8.58. The first-order valence-electron chi connectivity index (χ1n) is 9.17. The molecule has 1 aliphatic rings. The third kappa shape index (κ3) is 4.40. The van der Waals surface area contributed by atoms with Crippen molar-refractivity contribution in [3.05, 3.63) is 97.6 Å². The fourth-order valence-electron chi connectivity index (χ4n) is 3.14. The number of Topliss-reactive ketones (excluding diaryl/α,β-unsaturated/α-hetero) is 2. The summed E-state index contributed by atoms with van der Waals surface area (Å²) in [5.41, 5.74) is 2.69. The number of carbonyl (C=O) groups excluding carboxylic acids is 2. The molecule has 0 unspecified atom stereocenters. The van der Waals surface area contributed by atoms with Crippen LogP contribution in [0.3, 0.4) is 0 Å². The number of aryl methyl sites for hydroxylation is 1. The van der Waals surface area contributed by atoms with Crippen LogP contribution in [0.15, 0.2) is 75.4 Å². The molecule has 0 N–H and O–H groups in total. The summed E-state index contributed by atoms with van der Waals surface area (Å²) in [5.74, 6) is 0.888. The number of rotatable bonds is 5. The van der Waals surface area contributed by atoms with Gasteiger partial charge >= 0.3 is 0 Å². The molecule has 150 valence electrons. The molecular formula is C24H16Br2O4. The lowest BCUT2D eigenvalue weighted by molar-refractivity contribution is 0.0920. The van der Waals surface area contributed by atoms with E-state index in [1.54, 1.807) is 30.3 Å². The van der Waals surface area contributed by atoms with Gasteiger partial charge in [0, 0.05) is 20.6 Å². The maximum absolute atomic E-state index is 12.8. The molecule has 0 bridgehead atoms. The topological polar surface area (TPSA) is 52.6 Å². The average Bonchev–Trinajstić information content (AvgIpc) is 3.04. The van der Waals surface area contributed by atoms with Crippen molar-refractivity contribution in [2.24, 2.45) is 0 Å². The minimum absolute atomic E-state index is 0.102. The number of allylic oxidation sites excluding steroid dienone is 1. The Morgan fingerprint density at radius 3 is 2.30 bits per heavy atom. The third-order valence-electron chi connectivity index (χ3n) is 4.65. The summed E-state index contributed by atoms with van der Waals surface area (Å²) in [6.07, 6.45) is 1.71. The fourth-order valence-corrected chi connectivity index (χ4v) is 3.67. The normalized spacial score (nSPS) is 13.8. The molecule has 0 aromatic heterocycles. The van der Waals surface area contributed by atoms with Crippen molar-refractivity contribution in [2.75, 3.05) is 6.61 Å². The minimum Gasteiger partial charge on any atom is -0.485 e. The van der Waals surface area contributed by atoms with E-state index in [1.807, 2.05) is 43.3 Å². The van der Waals surface area contributed by atoms with Gasteiger partial charge in [0.15, 0.2) is 18.1 Å². The predicted octanol–water partition coefficient (Wildman–Crippen LogP) is 6.40. The Bertz CT molecular complexity index is 1160. The zero-order chi connectivity index (χ0) is 21.3. The van der Waals surface area contributed by atoms with Gasteiger partial charge in [0.2, 0.25) is 5.78 Å². The molecule has 4 nitrogen and oxygen atoms in total. The zero-order valence-electron chi connectivity index (χ0n) is 15.9. The molecule has 30 heavy (non-hydrogen) atoms. The van der Waals surface area contributed by atoms with Crippen LogP contribution in [0.25, 0.3) is 6.08 Å². The first-order valence-corrected chi connectivity index (χ1v) is 10.8. The van der Waals surface area contributed by atoms with Gasteiger partial charge in [0.05, 0.1) is 5.56 Å². The lowest BCUT2D eigenvalue weighted by atomic mass is 10.0. The first kappa shape index (κ1) is 20.6. The average molecular weight is 528 g/mol. The maximum atomic E-state index is 12.8. The van der Waals surface area contributed by atoms with Gasteiger partial charge in [-0.05, 0) is 54.5 Å². The summed E-state index contributed by atoms with van der Waals surface area (Å²) < 4.78 is 13.4. The molecule has 6 heteroatoms. The lowest BCUT2D eigenvalue weighted by Gasteiger charge is -2.09. The van der Waals surface area contributed by atoms with Crippen molar-refractivity contribution in [3.63, 3.8) is 0 Å². The van der Waals surface area contributed by atoms with E-state index in [0.29, 0.717) is 22.6 Å². The number of halogens is 2. The summed E-state index contributed by atoms with van der Waals surface area (Å²) in [4.78, 5) is 25.1. The Balaban J connectivity index is 1.51. The molecule has 0 atom stereocenters. The van der Waals surface area contributed by atoms with Crippen LogP contribution in [0.2, 0.25) is 0 Å². The number of fused-ring (bicyclic) bond motifs is 1. The van der Waals surface area contributed by atoms with Crippen LogP contribution in [0.4, 0.5) is 0 Å². The van der Waals surface area contributed by atoms with Crippen molar-refractivity contribution >= 4 is 49.5 Å². The van der Waals surface area contributed by atoms with Gasteiger partial charge in [-0.1, -0.05) is 56.1 Å². The molecule has 1 heterocycles. The highest BCUT2D eigenvalue weighted by molar-refractivity contribution is 9.10. The standard InChI is InChI=1S/C24H16Br2O4/c1-14-10-19(29-13-20(27)16-4-8-18(26)9-5-16)12-21-23(14)24(28)22(30-21)11-15-2-6-17(25)7-3-15/h2-12H,13H2,1H3/b22-11-. The Kier molecular flexibility index (Phi) is 5.88. The molecule has 0 amide bonds. The van der Waals surface area contributed by atoms with Crippen LogP contribution in [-0.4, -0.2) is 18.2 Å². The number of hydrogen-bond acceptors (Lipinski definition) is 4. The van der Waals surface area contributed by atoms with Crippen molar-refractivity contribution in [3.8, 4) is 11.5 Å². The maximum Gasteiger partial charge on any atom is 0.232 e. The predicted molar refractivity (Wildman–Crippen MR) is 122 cm³/mol. The minimum atomic E-state index is -0.164. The quantitative estimate of drug-likeness (QED) is 0.284. The Morgan fingerprint density at radius 2 is 1.63 bits per heavy atom. The number of hydrogen-bond donors (Lipinski definition) is 0. The second-order valence-corrected chi connectivity index (χ2v) is 8.65. The molecule has 0 spiro atoms. The van der Waals surface area contributed by atoms with Crippen LogP contribution in [-0.2, 0) is 0 Å². The first-order chi connectivity index (χ1) is 14.4. The fraction of sp³-hybridized carbons (Fsp3) is 0.0833. The van der Waals surface area contributed by atoms with Crippen molar-refractivity contribution in [1.82, 2.24) is 0 Å². The van der Waals surface area contributed by atoms with Crippen LogP contribution in [0.5, 0.6) is 11.5 Å². The second-order valence-electron chi connectivity index (χ2n) is 6.82. The van der Waals surface area contributed by atoms with Gasteiger partial charge < -0.3 is 9.47 Å². The monoisotopic (exact) mass is 526 g/mol. The number of benzene rings is 3. The summed E-state index contributed by atoms with van der Waals surface area (Å²) in [6.45, 7) is 1.72. The van der Waals surface area contributed by atoms with E-state index in [-0.39, 0.29) is 23.9 Å². The van der Waals surface area contributed by atoms with E-state index in [0.717, 1.165) is 20.1 Å². The van der Waals surface area contributed by atoms with Crippen molar-refractivity contribution < 1.29 is 19.1 Å². The number of ether oxygens (including phenoxy) is 2. The molecular weight excluding hydrogens is 512 g/mol. The molecule has 3 aromatic rings. The largest absolute Gasteiger partial charge is 0.485 e. The number of ketones is 2. The Labute approximate surface area is 190 Å². The molecule has 0 saturated heterocycles. The van der Waals surface area contributed by atoms with E-state index in [1.165, 1.54) is 0 Å². The van der Waals surface area contributed by atoms with E-state index in [9.17, 15) is 9.59 Å². The summed E-state index contributed by atoms with van der Waals surface area (Å²) in [7, 11) is 0. The highest BCUT2D eigenvalue weighted by Crippen LogP contribution is 2.37. The summed E-state index contributed by atoms with van der Waals surface area (Å²) >= 11 is 6.74. The van der Waals surface area contributed by atoms with Crippen LogP contribution >= 0.6 is 31.9 Å². The van der Waals surface area contributed by atoms with Crippen LogP contribution < -0.4 is 9.47 Å². The van der Waals surface area contributed by atoms with Crippen molar-refractivity contribution in [1.29, 1.82) is 0 Å². The molecule has 0 aliphatic carbocycles.